The molecule has 0 fully saturated rings. The lowest BCUT2D eigenvalue weighted by Crippen LogP contribution is -2.23. The third kappa shape index (κ3) is 2.67. The zero-order valence-electron chi connectivity index (χ0n) is 12.9. The minimum atomic E-state index is -0.180. The van der Waals surface area contributed by atoms with Crippen LogP contribution in [0.25, 0.3) is 10.9 Å². The van der Waals surface area contributed by atoms with Crippen molar-refractivity contribution in [2.45, 2.75) is 26.4 Å². The van der Waals surface area contributed by atoms with Gasteiger partial charge in [-0.05, 0) is 36.1 Å². The number of amides is 1. The number of ether oxygens (including phenoxy) is 1. The number of H-pyrrole nitrogens is 1. The summed E-state index contributed by atoms with van der Waals surface area (Å²) >= 11 is 0. The summed E-state index contributed by atoms with van der Waals surface area (Å²) in [5.41, 5.74) is 3.70. The molecule has 6 heteroatoms. The molecule has 3 aromatic rings. The van der Waals surface area contributed by atoms with Crippen LogP contribution in [0.1, 0.15) is 28.2 Å². The molecule has 0 aliphatic carbocycles. The second kappa shape index (κ2) is 5.46. The highest BCUT2D eigenvalue weighted by atomic mass is 16.5. The zero-order chi connectivity index (χ0) is 15.8. The highest BCUT2D eigenvalue weighted by Crippen LogP contribution is 2.19. The molecule has 3 heterocycles. The molecule has 0 saturated carbocycles. The lowest BCUT2D eigenvalue weighted by atomic mass is 10.1. The second-order valence-electron chi connectivity index (χ2n) is 5.85. The molecule has 0 bridgehead atoms. The maximum absolute atomic E-state index is 12.3. The van der Waals surface area contributed by atoms with E-state index in [1.807, 2.05) is 19.1 Å². The molecule has 0 saturated heterocycles. The Balaban J connectivity index is 1.46. The van der Waals surface area contributed by atoms with Gasteiger partial charge in [0, 0.05) is 36.8 Å². The summed E-state index contributed by atoms with van der Waals surface area (Å²) in [6.45, 7) is 3.99. The Morgan fingerprint density at radius 3 is 3.17 bits per heavy atom. The molecule has 0 atom stereocenters. The molecule has 2 N–H and O–H groups in total. The van der Waals surface area contributed by atoms with Crippen molar-refractivity contribution < 1.29 is 9.53 Å². The zero-order valence-corrected chi connectivity index (χ0v) is 12.9. The number of nitrogens with zero attached hydrogens (tertiary/aromatic N) is 2. The lowest BCUT2D eigenvalue weighted by molar-refractivity contribution is 0.0945. The van der Waals surface area contributed by atoms with Gasteiger partial charge < -0.3 is 15.0 Å². The van der Waals surface area contributed by atoms with Crippen molar-refractivity contribution in [2.24, 2.45) is 0 Å². The van der Waals surface area contributed by atoms with Crippen LogP contribution in [-0.4, -0.2) is 27.3 Å². The average molecular weight is 310 g/mol. The maximum atomic E-state index is 12.3. The number of benzene rings is 1. The molecule has 118 valence electrons. The highest BCUT2D eigenvalue weighted by Gasteiger charge is 2.17. The van der Waals surface area contributed by atoms with Crippen molar-refractivity contribution in [1.29, 1.82) is 0 Å². The molecule has 6 nitrogen and oxygen atoms in total. The van der Waals surface area contributed by atoms with Crippen LogP contribution in [0.15, 0.2) is 30.3 Å². The number of aryl methyl sites for hydroxylation is 2. The molecule has 1 aliphatic heterocycles. The predicted molar refractivity (Wildman–Crippen MR) is 86.5 cm³/mol. The Hall–Kier alpha value is -2.76. The van der Waals surface area contributed by atoms with Crippen LogP contribution < -0.4 is 10.1 Å². The van der Waals surface area contributed by atoms with Crippen molar-refractivity contribution in [1.82, 2.24) is 20.1 Å². The summed E-state index contributed by atoms with van der Waals surface area (Å²) in [6.07, 6.45) is 0.922. The predicted octanol–water partition coefficient (Wildman–Crippen LogP) is 2.39. The third-order valence-corrected chi connectivity index (χ3v) is 4.01. The van der Waals surface area contributed by atoms with Crippen molar-refractivity contribution in [3.05, 3.63) is 47.3 Å². The molecule has 23 heavy (non-hydrogen) atoms. The first-order chi connectivity index (χ1) is 11.2. The van der Waals surface area contributed by atoms with Gasteiger partial charge >= 0.3 is 0 Å². The summed E-state index contributed by atoms with van der Waals surface area (Å²) in [5, 5.41) is 8.36. The van der Waals surface area contributed by atoms with Crippen LogP contribution in [-0.2, 0) is 13.1 Å². The average Bonchev–Trinajstić information content (AvgIpc) is 3.14. The highest BCUT2D eigenvalue weighted by molar-refractivity contribution is 5.92. The summed E-state index contributed by atoms with van der Waals surface area (Å²) in [6, 6.07) is 9.93. The molecular formula is C17H18N4O2. The number of hydrogen-bond acceptors (Lipinski definition) is 3. The van der Waals surface area contributed by atoms with Gasteiger partial charge in [0.05, 0.1) is 6.61 Å². The van der Waals surface area contributed by atoms with Crippen LogP contribution in [0.5, 0.6) is 5.88 Å². The van der Waals surface area contributed by atoms with E-state index in [2.05, 4.69) is 27.5 Å². The number of aromatic amines is 1. The summed E-state index contributed by atoms with van der Waals surface area (Å²) in [4.78, 5) is 15.5. The molecule has 4 rings (SSSR count). The van der Waals surface area contributed by atoms with Crippen LogP contribution in [0, 0.1) is 6.92 Å². The molecular weight excluding hydrogens is 292 g/mol. The number of rotatable bonds is 3. The van der Waals surface area contributed by atoms with E-state index >= 15 is 0 Å². The number of hydrogen-bond donors (Lipinski definition) is 2. The van der Waals surface area contributed by atoms with E-state index in [1.54, 1.807) is 10.7 Å². The normalized spacial score (nSPS) is 13.6. The summed E-state index contributed by atoms with van der Waals surface area (Å²) in [7, 11) is 0. The van der Waals surface area contributed by atoms with E-state index in [9.17, 15) is 4.79 Å². The minimum Gasteiger partial charge on any atom is -0.478 e. The topological polar surface area (TPSA) is 71.9 Å². The van der Waals surface area contributed by atoms with Gasteiger partial charge in [0.1, 0.15) is 0 Å². The van der Waals surface area contributed by atoms with E-state index in [0.29, 0.717) is 24.7 Å². The van der Waals surface area contributed by atoms with Crippen LogP contribution in [0.4, 0.5) is 0 Å². The monoisotopic (exact) mass is 310 g/mol. The smallest absolute Gasteiger partial charge is 0.272 e. The van der Waals surface area contributed by atoms with Gasteiger partial charge in [0.25, 0.3) is 5.91 Å². The van der Waals surface area contributed by atoms with Gasteiger partial charge in [0.15, 0.2) is 5.69 Å². The minimum absolute atomic E-state index is 0.180. The molecule has 0 radical (unpaired) electrons. The second-order valence-corrected chi connectivity index (χ2v) is 5.85. The van der Waals surface area contributed by atoms with Gasteiger partial charge in [-0.1, -0.05) is 6.07 Å². The maximum Gasteiger partial charge on any atom is 0.272 e. The fourth-order valence-electron chi connectivity index (χ4n) is 2.89. The Bertz CT molecular complexity index is 854. The number of carbonyl (C=O) groups is 1. The first-order valence-corrected chi connectivity index (χ1v) is 7.76. The molecule has 2 aromatic heterocycles. The van der Waals surface area contributed by atoms with Gasteiger partial charge in [-0.2, -0.15) is 5.10 Å². The molecule has 0 unspecified atom stereocenters. The largest absolute Gasteiger partial charge is 0.478 e. The number of aromatic nitrogens is 3. The fourth-order valence-corrected chi connectivity index (χ4v) is 2.89. The van der Waals surface area contributed by atoms with Crippen LogP contribution in [0.2, 0.25) is 0 Å². The number of fused-ring (bicyclic) bond motifs is 2. The Labute approximate surface area is 133 Å². The molecule has 1 aliphatic rings. The van der Waals surface area contributed by atoms with Crippen LogP contribution in [0.3, 0.4) is 0 Å². The van der Waals surface area contributed by atoms with Gasteiger partial charge in [0.2, 0.25) is 5.88 Å². The van der Waals surface area contributed by atoms with Crippen molar-refractivity contribution in [3.8, 4) is 5.88 Å². The van der Waals surface area contributed by atoms with Crippen LogP contribution >= 0.6 is 0 Å². The van der Waals surface area contributed by atoms with E-state index in [-0.39, 0.29) is 5.91 Å². The molecule has 1 amide bonds. The Morgan fingerprint density at radius 2 is 2.30 bits per heavy atom. The standard InChI is InChI=1S/C17H18N4O2/c1-11-7-13-8-12(3-4-14(13)19-11)10-18-17(22)15-9-16-21(20-15)5-2-6-23-16/h3-4,7-9,19H,2,5-6,10H2,1H3,(H,18,22). The Kier molecular flexibility index (Phi) is 3.29. The lowest BCUT2D eigenvalue weighted by Gasteiger charge is -2.13. The molecule has 1 aromatic carbocycles. The van der Waals surface area contributed by atoms with Gasteiger partial charge in [-0.3, -0.25) is 4.79 Å². The van der Waals surface area contributed by atoms with Gasteiger partial charge in [-0.15, -0.1) is 0 Å². The quantitative estimate of drug-likeness (QED) is 0.780. The third-order valence-electron chi connectivity index (χ3n) is 4.01. The summed E-state index contributed by atoms with van der Waals surface area (Å²) in [5.74, 6) is 0.492. The first-order valence-electron chi connectivity index (χ1n) is 7.76. The van der Waals surface area contributed by atoms with Crippen molar-refractivity contribution in [3.63, 3.8) is 0 Å². The summed E-state index contributed by atoms with van der Waals surface area (Å²) < 4.78 is 7.23. The van der Waals surface area contributed by atoms with E-state index in [1.165, 1.54) is 0 Å². The van der Waals surface area contributed by atoms with E-state index in [4.69, 9.17) is 4.74 Å². The van der Waals surface area contributed by atoms with E-state index < -0.39 is 0 Å². The van der Waals surface area contributed by atoms with E-state index in [0.717, 1.165) is 35.1 Å². The van der Waals surface area contributed by atoms with Crippen molar-refractivity contribution >= 4 is 16.8 Å². The SMILES string of the molecule is Cc1cc2cc(CNC(=O)c3cc4n(n3)CCCO4)ccc2[nH]1. The van der Waals surface area contributed by atoms with Crippen molar-refractivity contribution in [2.75, 3.05) is 6.61 Å². The Morgan fingerprint density at radius 1 is 1.39 bits per heavy atom. The molecule has 0 spiro atoms. The first kappa shape index (κ1) is 13.9. The fraction of sp³-hybridized carbons (Fsp3) is 0.294. The number of carbonyl (C=O) groups excluding carboxylic acids is 1. The number of nitrogens with one attached hydrogen (secondary N) is 2. The van der Waals surface area contributed by atoms with Gasteiger partial charge in [-0.25, -0.2) is 4.68 Å².